The van der Waals surface area contributed by atoms with Gasteiger partial charge >= 0.3 is 0 Å². The van der Waals surface area contributed by atoms with E-state index >= 15 is 0 Å². The summed E-state index contributed by atoms with van der Waals surface area (Å²) in [6, 6.07) is 21.4. The van der Waals surface area contributed by atoms with Gasteiger partial charge in [0.05, 0.1) is 26.3 Å². The summed E-state index contributed by atoms with van der Waals surface area (Å²) in [5, 5.41) is 0. The molecule has 3 rings (SSSR count). The second kappa shape index (κ2) is 9.83. The predicted molar refractivity (Wildman–Crippen MR) is 95.0 cm³/mol. The number of benzene rings is 2. The summed E-state index contributed by atoms with van der Waals surface area (Å²) in [4.78, 5) is 0. The molecule has 2 aromatic rings. The molecule has 0 N–H and O–H groups in total. The number of ether oxygens (including phenoxy) is 1. The first-order chi connectivity index (χ1) is 11.4. The topological polar surface area (TPSA) is 9.23 Å². The van der Waals surface area contributed by atoms with Gasteiger partial charge in [-0.25, -0.2) is 0 Å². The number of hydrogen-bond acceptors (Lipinski definition) is 1. The summed E-state index contributed by atoms with van der Waals surface area (Å²) >= 11 is 0. The van der Waals surface area contributed by atoms with Crippen LogP contribution < -0.4 is 12.4 Å². The van der Waals surface area contributed by atoms with E-state index in [1.165, 1.54) is 48.0 Å². The van der Waals surface area contributed by atoms with Crippen molar-refractivity contribution >= 4 is 0 Å². The summed E-state index contributed by atoms with van der Waals surface area (Å²) in [7, 11) is 0. The van der Waals surface area contributed by atoms with Gasteiger partial charge in [-0.2, -0.15) is 0 Å². The summed E-state index contributed by atoms with van der Waals surface area (Å²) in [6.45, 7) is 6.44. The minimum absolute atomic E-state index is 0. The first-order valence-electron chi connectivity index (χ1n) is 8.87. The quantitative estimate of drug-likeness (QED) is 0.544. The molecule has 1 aliphatic heterocycles. The molecule has 0 spiro atoms. The molecule has 0 aliphatic carbocycles. The highest BCUT2D eigenvalue weighted by Gasteiger charge is 2.29. The van der Waals surface area contributed by atoms with Crippen LogP contribution >= 0.6 is 0 Å². The van der Waals surface area contributed by atoms with Gasteiger partial charge in [0.25, 0.3) is 0 Å². The van der Waals surface area contributed by atoms with E-state index < -0.39 is 0 Å². The molecule has 2 aromatic carbocycles. The molecule has 1 saturated heterocycles. The summed E-state index contributed by atoms with van der Waals surface area (Å²) < 4.78 is 7.16. The van der Waals surface area contributed by atoms with Crippen molar-refractivity contribution in [3.63, 3.8) is 0 Å². The molecule has 1 heterocycles. The molecule has 3 heteroatoms. The Labute approximate surface area is 152 Å². The zero-order valence-electron chi connectivity index (χ0n) is 14.4. The van der Waals surface area contributed by atoms with E-state index in [-0.39, 0.29) is 12.4 Å². The highest BCUT2D eigenvalue weighted by atomic mass is 35.5. The van der Waals surface area contributed by atoms with Gasteiger partial charge in [0.2, 0.25) is 0 Å². The highest BCUT2D eigenvalue weighted by molar-refractivity contribution is 5.14. The van der Waals surface area contributed by atoms with Crippen molar-refractivity contribution < 1.29 is 21.6 Å². The number of hydrogen-bond donors (Lipinski definition) is 0. The van der Waals surface area contributed by atoms with Gasteiger partial charge in [-0.15, -0.1) is 0 Å². The van der Waals surface area contributed by atoms with Crippen LogP contribution in [0.3, 0.4) is 0 Å². The molecule has 2 nitrogen and oxygen atoms in total. The maximum absolute atomic E-state index is 5.97. The maximum atomic E-state index is 5.97. The SMILES string of the molecule is [Cl-].c1ccc(COCC[N+]2(Cc3ccccc3)CCCCC2)cc1. The number of piperidine rings is 1. The molecule has 0 aromatic heterocycles. The van der Waals surface area contributed by atoms with Crippen LogP contribution in [-0.4, -0.2) is 30.7 Å². The van der Waals surface area contributed by atoms with Crippen molar-refractivity contribution in [2.45, 2.75) is 32.4 Å². The first-order valence-corrected chi connectivity index (χ1v) is 8.87. The highest BCUT2D eigenvalue weighted by Crippen LogP contribution is 2.22. The Morgan fingerprint density at radius 2 is 1.33 bits per heavy atom. The minimum Gasteiger partial charge on any atom is -1.00 e. The molecule has 1 fully saturated rings. The van der Waals surface area contributed by atoms with Crippen LogP contribution in [0.25, 0.3) is 0 Å². The molecule has 0 radical (unpaired) electrons. The third-order valence-electron chi connectivity index (χ3n) is 4.95. The summed E-state index contributed by atoms with van der Waals surface area (Å²) in [6.07, 6.45) is 4.09. The predicted octanol–water partition coefficient (Wildman–Crippen LogP) is 1.41. The van der Waals surface area contributed by atoms with Crippen LogP contribution in [-0.2, 0) is 17.9 Å². The monoisotopic (exact) mass is 345 g/mol. The van der Waals surface area contributed by atoms with Crippen molar-refractivity contribution in [3.05, 3.63) is 71.8 Å². The molecule has 0 atom stereocenters. The number of quaternary nitrogens is 1. The Morgan fingerprint density at radius 3 is 1.96 bits per heavy atom. The van der Waals surface area contributed by atoms with Crippen LogP contribution in [0, 0.1) is 0 Å². The molecule has 0 saturated carbocycles. The van der Waals surface area contributed by atoms with Gasteiger partial charge in [0, 0.05) is 5.56 Å². The Hall–Kier alpha value is -1.35. The summed E-state index contributed by atoms with van der Waals surface area (Å²) in [5.74, 6) is 0. The van der Waals surface area contributed by atoms with E-state index in [9.17, 15) is 0 Å². The lowest BCUT2D eigenvalue weighted by Crippen LogP contribution is -3.00. The number of likely N-dealkylation sites (tertiary alicyclic amines) is 1. The van der Waals surface area contributed by atoms with Gasteiger partial charge in [0.1, 0.15) is 13.1 Å². The molecule has 0 amide bonds. The second-order valence-corrected chi connectivity index (χ2v) is 6.76. The van der Waals surface area contributed by atoms with Crippen LogP contribution in [0.15, 0.2) is 60.7 Å². The summed E-state index contributed by atoms with van der Waals surface area (Å²) in [5.41, 5.74) is 2.72. The zero-order chi connectivity index (χ0) is 15.8. The molecule has 130 valence electrons. The van der Waals surface area contributed by atoms with Crippen molar-refractivity contribution in [2.75, 3.05) is 26.2 Å². The third kappa shape index (κ3) is 5.62. The van der Waals surface area contributed by atoms with Crippen molar-refractivity contribution in [1.29, 1.82) is 0 Å². The Morgan fingerprint density at radius 1 is 0.750 bits per heavy atom. The Balaban J connectivity index is 0.00000208. The van der Waals surface area contributed by atoms with Crippen LogP contribution in [0.2, 0.25) is 0 Å². The van der Waals surface area contributed by atoms with Crippen molar-refractivity contribution in [3.8, 4) is 0 Å². The van der Waals surface area contributed by atoms with E-state index in [1.807, 2.05) is 0 Å². The fourth-order valence-corrected chi connectivity index (χ4v) is 3.64. The lowest BCUT2D eigenvalue weighted by Gasteiger charge is -2.41. The van der Waals surface area contributed by atoms with Crippen LogP contribution in [0.4, 0.5) is 0 Å². The standard InChI is InChI=1S/C21H28NO.ClH/c1-4-10-20(11-5-1)18-22(14-8-3-9-15-22)16-17-23-19-21-12-6-2-7-13-21;/h1-2,4-7,10-13H,3,8-9,14-19H2;1H/q+1;/p-1. The van der Waals surface area contributed by atoms with Gasteiger partial charge in [-0.05, 0) is 24.8 Å². The lowest BCUT2D eigenvalue weighted by atomic mass is 10.1. The van der Waals surface area contributed by atoms with E-state index in [0.29, 0.717) is 0 Å². The lowest BCUT2D eigenvalue weighted by molar-refractivity contribution is -0.945. The molecule has 0 unspecified atom stereocenters. The second-order valence-electron chi connectivity index (χ2n) is 6.76. The Bertz CT molecular complexity index is 567. The number of halogens is 1. The van der Waals surface area contributed by atoms with Crippen molar-refractivity contribution in [1.82, 2.24) is 0 Å². The zero-order valence-corrected chi connectivity index (χ0v) is 15.1. The molecule has 1 aliphatic rings. The van der Waals surface area contributed by atoms with Gasteiger partial charge in [-0.1, -0.05) is 60.7 Å². The van der Waals surface area contributed by atoms with Gasteiger partial charge in [-0.3, -0.25) is 0 Å². The first kappa shape index (κ1) is 19.0. The van der Waals surface area contributed by atoms with Crippen LogP contribution in [0.5, 0.6) is 0 Å². The van der Waals surface area contributed by atoms with E-state index in [1.54, 1.807) is 0 Å². The minimum atomic E-state index is 0. The van der Waals surface area contributed by atoms with E-state index in [0.717, 1.165) is 26.3 Å². The average molecular weight is 346 g/mol. The number of nitrogens with zero attached hydrogens (tertiary/aromatic N) is 1. The fourth-order valence-electron chi connectivity index (χ4n) is 3.64. The Kier molecular flexibility index (Phi) is 7.77. The average Bonchev–Trinajstić information content (AvgIpc) is 2.61. The maximum Gasteiger partial charge on any atom is 0.104 e. The van der Waals surface area contributed by atoms with E-state index in [2.05, 4.69) is 60.7 Å². The molecular weight excluding hydrogens is 318 g/mol. The van der Waals surface area contributed by atoms with Crippen molar-refractivity contribution in [2.24, 2.45) is 0 Å². The molecule has 24 heavy (non-hydrogen) atoms. The largest absolute Gasteiger partial charge is 1.00 e. The van der Waals surface area contributed by atoms with Gasteiger partial charge < -0.3 is 21.6 Å². The normalized spacial score (nSPS) is 16.3. The smallest absolute Gasteiger partial charge is 0.104 e. The van der Waals surface area contributed by atoms with Gasteiger partial charge in [0.15, 0.2) is 0 Å². The third-order valence-corrected chi connectivity index (χ3v) is 4.95. The molecular formula is C21H28ClNO. The number of rotatable bonds is 7. The van der Waals surface area contributed by atoms with E-state index in [4.69, 9.17) is 4.74 Å². The molecule has 0 bridgehead atoms. The van der Waals surface area contributed by atoms with Crippen LogP contribution in [0.1, 0.15) is 30.4 Å². The fraction of sp³-hybridized carbons (Fsp3) is 0.429.